The Kier molecular flexibility index (Phi) is 7.10. The van der Waals surface area contributed by atoms with E-state index in [4.69, 9.17) is 16.3 Å². The maximum atomic E-state index is 13.5. The summed E-state index contributed by atoms with van der Waals surface area (Å²) >= 11 is 5.96. The highest BCUT2D eigenvalue weighted by molar-refractivity contribution is 6.30. The molecule has 3 aromatic rings. The zero-order valence-corrected chi connectivity index (χ0v) is 19.1. The van der Waals surface area contributed by atoms with Crippen LogP contribution in [0.5, 0.6) is 0 Å². The Labute approximate surface area is 191 Å². The van der Waals surface area contributed by atoms with Crippen LogP contribution >= 0.6 is 11.6 Å². The Hall–Kier alpha value is -3.45. The van der Waals surface area contributed by atoms with Crippen LogP contribution in [0.25, 0.3) is 0 Å². The third kappa shape index (κ3) is 4.73. The van der Waals surface area contributed by atoms with Gasteiger partial charge in [-0.15, -0.1) is 0 Å². The number of H-pyrrole nitrogens is 1. The van der Waals surface area contributed by atoms with Gasteiger partial charge in [0.2, 0.25) is 0 Å². The quantitative estimate of drug-likeness (QED) is 0.423. The second kappa shape index (κ2) is 9.78. The molecule has 1 atom stereocenters. The lowest BCUT2D eigenvalue weighted by Crippen LogP contribution is -2.43. The standard InChI is InChI=1S/C24H24ClN3O4/c1-14-20(15(2)27-21(14)24(31)32-4)22(29)16(3)28(13-19-7-5-6-12-26-19)23(30)17-8-10-18(25)11-9-17/h5-12,16,27H,13H2,1-4H3/t16-/m1/s1. The fraction of sp³-hybridized carbons (Fsp3) is 0.250. The van der Waals surface area contributed by atoms with Gasteiger partial charge in [0.15, 0.2) is 5.78 Å². The van der Waals surface area contributed by atoms with Crippen LogP contribution in [0.2, 0.25) is 5.02 Å². The maximum Gasteiger partial charge on any atom is 0.354 e. The van der Waals surface area contributed by atoms with Gasteiger partial charge in [0.1, 0.15) is 5.69 Å². The van der Waals surface area contributed by atoms with Crippen molar-refractivity contribution in [3.05, 3.63) is 87.5 Å². The molecule has 166 valence electrons. The Bertz CT molecular complexity index is 1140. The number of nitrogens with one attached hydrogen (secondary N) is 1. The second-order valence-corrected chi connectivity index (χ2v) is 7.85. The van der Waals surface area contributed by atoms with Crippen molar-refractivity contribution in [1.82, 2.24) is 14.9 Å². The summed E-state index contributed by atoms with van der Waals surface area (Å²) in [4.78, 5) is 47.7. The van der Waals surface area contributed by atoms with Crippen molar-refractivity contribution < 1.29 is 19.1 Å². The number of ketones is 1. The van der Waals surface area contributed by atoms with E-state index in [2.05, 4.69) is 9.97 Å². The van der Waals surface area contributed by atoms with Crippen LogP contribution in [0.4, 0.5) is 0 Å². The fourth-order valence-electron chi connectivity index (χ4n) is 3.59. The molecule has 2 heterocycles. The smallest absolute Gasteiger partial charge is 0.354 e. The molecule has 7 nitrogen and oxygen atoms in total. The number of carbonyl (C=O) groups is 3. The predicted octanol–water partition coefficient (Wildman–Crippen LogP) is 4.38. The van der Waals surface area contributed by atoms with Gasteiger partial charge in [-0.3, -0.25) is 14.6 Å². The molecule has 0 aliphatic heterocycles. The minimum absolute atomic E-state index is 0.140. The molecule has 1 aromatic carbocycles. The van der Waals surface area contributed by atoms with Crippen molar-refractivity contribution >= 4 is 29.3 Å². The van der Waals surface area contributed by atoms with E-state index in [1.807, 2.05) is 6.07 Å². The summed E-state index contributed by atoms with van der Waals surface area (Å²) in [7, 11) is 1.28. The lowest BCUT2D eigenvalue weighted by Gasteiger charge is -2.28. The zero-order chi connectivity index (χ0) is 23.4. The molecule has 1 amide bonds. The van der Waals surface area contributed by atoms with Gasteiger partial charge in [-0.25, -0.2) is 4.79 Å². The van der Waals surface area contributed by atoms with Crippen molar-refractivity contribution in [2.45, 2.75) is 33.4 Å². The van der Waals surface area contributed by atoms with Crippen molar-refractivity contribution in [3.63, 3.8) is 0 Å². The van der Waals surface area contributed by atoms with Gasteiger partial charge in [-0.05, 0) is 62.7 Å². The molecule has 0 aliphatic carbocycles. The molecule has 3 rings (SSSR count). The number of methoxy groups -OCH3 is 1. The first kappa shape index (κ1) is 23.2. The van der Waals surface area contributed by atoms with Crippen molar-refractivity contribution in [2.24, 2.45) is 0 Å². The maximum absolute atomic E-state index is 13.5. The lowest BCUT2D eigenvalue weighted by molar-refractivity contribution is 0.0591. The Morgan fingerprint density at radius 2 is 1.81 bits per heavy atom. The minimum Gasteiger partial charge on any atom is -0.464 e. The molecular weight excluding hydrogens is 430 g/mol. The molecule has 1 N–H and O–H groups in total. The third-order valence-corrected chi connectivity index (χ3v) is 5.58. The normalized spacial score (nSPS) is 11.7. The average molecular weight is 454 g/mol. The number of aryl methyl sites for hydroxylation is 1. The van der Waals surface area contributed by atoms with E-state index in [0.29, 0.717) is 33.1 Å². The molecule has 8 heteroatoms. The predicted molar refractivity (Wildman–Crippen MR) is 121 cm³/mol. The summed E-state index contributed by atoms with van der Waals surface area (Å²) in [6.07, 6.45) is 1.63. The van der Waals surface area contributed by atoms with Crippen molar-refractivity contribution in [2.75, 3.05) is 7.11 Å². The Balaban J connectivity index is 1.99. The van der Waals surface area contributed by atoms with Crippen LogP contribution in [0.1, 0.15) is 55.1 Å². The number of Topliss-reactive ketones (excluding diaryl/α,β-unsaturated/α-hetero) is 1. The number of halogens is 1. The monoisotopic (exact) mass is 453 g/mol. The van der Waals surface area contributed by atoms with Crippen LogP contribution in [0, 0.1) is 13.8 Å². The highest BCUT2D eigenvalue weighted by Crippen LogP contribution is 2.24. The van der Waals surface area contributed by atoms with Gasteiger partial charge in [0.25, 0.3) is 5.91 Å². The molecule has 0 spiro atoms. The summed E-state index contributed by atoms with van der Waals surface area (Å²) in [6.45, 7) is 5.20. The number of ether oxygens (including phenoxy) is 1. The average Bonchev–Trinajstić information content (AvgIpc) is 3.10. The zero-order valence-electron chi connectivity index (χ0n) is 18.3. The van der Waals surface area contributed by atoms with E-state index in [9.17, 15) is 14.4 Å². The first-order chi connectivity index (χ1) is 15.2. The van der Waals surface area contributed by atoms with E-state index in [1.165, 1.54) is 12.0 Å². The summed E-state index contributed by atoms with van der Waals surface area (Å²) in [5.74, 6) is -1.17. The van der Waals surface area contributed by atoms with Gasteiger partial charge in [-0.1, -0.05) is 17.7 Å². The Morgan fingerprint density at radius 1 is 1.12 bits per heavy atom. The molecule has 0 bridgehead atoms. The van der Waals surface area contributed by atoms with Crippen molar-refractivity contribution in [1.29, 1.82) is 0 Å². The summed E-state index contributed by atoms with van der Waals surface area (Å²) < 4.78 is 4.79. The number of aromatic nitrogens is 2. The fourth-order valence-corrected chi connectivity index (χ4v) is 3.71. The highest BCUT2D eigenvalue weighted by atomic mass is 35.5. The largest absolute Gasteiger partial charge is 0.464 e. The number of aromatic amines is 1. The topological polar surface area (TPSA) is 92.4 Å². The summed E-state index contributed by atoms with van der Waals surface area (Å²) in [6, 6.07) is 11.1. The molecular formula is C24H24ClN3O4. The van der Waals surface area contributed by atoms with Crippen molar-refractivity contribution in [3.8, 4) is 0 Å². The number of esters is 1. The first-order valence-electron chi connectivity index (χ1n) is 10.0. The number of rotatable bonds is 7. The van der Waals surface area contributed by atoms with E-state index >= 15 is 0 Å². The molecule has 0 unspecified atom stereocenters. The number of hydrogen-bond donors (Lipinski definition) is 1. The molecule has 0 fully saturated rings. The number of amides is 1. The second-order valence-electron chi connectivity index (χ2n) is 7.42. The van der Waals surface area contributed by atoms with Crippen LogP contribution in [0.3, 0.4) is 0 Å². The first-order valence-corrected chi connectivity index (χ1v) is 10.4. The summed E-state index contributed by atoms with van der Waals surface area (Å²) in [5, 5.41) is 0.510. The van der Waals surface area contributed by atoms with E-state index in [0.717, 1.165) is 0 Å². The number of nitrogens with zero attached hydrogens (tertiary/aromatic N) is 2. The van der Waals surface area contributed by atoms with E-state index < -0.39 is 12.0 Å². The number of benzene rings is 1. The lowest BCUT2D eigenvalue weighted by atomic mass is 9.99. The number of pyridine rings is 1. The molecule has 2 aromatic heterocycles. The minimum atomic E-state index is -0.820. The van der Waals surface area contributed by atoms with Crippen LogP contribution in [-0.4, -0.2) is 45.7 Å². The van der Waals surface area contributed by atoms with Crippen LogP contribution < -0.4 is 0 Å². The SMILES string of the molecule is COC(=O)c1[nH]c(C)c(C(=O)[C@@H](C)N(Cc2ccccn2)C(=O)c2ccc(Cl)cc2)c1C. The highest BCUT2D eigenvalue weighted by Gasteiger charge is 2.32. The van der Waals surface area contributed by atoms with E-state index in [-0.39, 0.29) is 23.9 Å². The van der Waals surface area contributed by atoms with Gasteiger partial charge in [-0.2, -0.15) is 0 Å². The van der Waals surface area contributed by atoms with Crippen LogP contribution in [0.15, 0.2) is 48.7 Å². The third-order valence-electron chi connectivity index (χ3n) is 5.33. The van der Waals surface area contributed by atoms with Gasteiger partial charge in [0.05, 0.1) is 25.4 Å². The van der Waals surface area contributed by atoms with Gasteiger partial charge < -0.3 is 14.6 Å². The molecule has 0 radical (unpaired) electrons. The molecule has 0 saturated carbocycles. The van der Waals surface area contributed by atoms with Gasteiger partial charge in [0, 0.05) is 28.0 Å². The Morgan fingerprint density at radius 3 is 2.41 bits per heavy atom. The molecule has 32 heavy (non-hydrogen) atoms. The molecule has 0 aliphatic rings. The van der Waals surface area contributed by atoms with Gasteiger partial charge >= 0.3 is 5.97 Å². The van der Waals surface area contributed by atoms with Crippen LogP contribution in [-0.2, 0) is 11.3 Å². The number of carbonyl (C=O) groups excluding carboxylic acids is 3. The summed E-state index contributed by atoms with van der Waals surface area (Å²) in [5.41, 5.74) is 2.67. The molecule has 0 saturated heterocycles. The number of hydrogen-bond acceptors (Lipinski definition) is 5. The van der Waals surface area contributed by atoms with E-state index in [1.54, 1.807) is 63.4 Å².